The molecule has 0 rings (SSSR count). The molecular weight excluding hydrogens is 254 g/mol. The molecule has 1 N–H and O–H groups in total. The molecule has 0 saturated heterocycles. The Balaban J connectivity index is 0. The maximum Gasteiger partial charge on any atom is 0.426 e. The van der Waals surface area contributed by atoms with Gasteiger partial charge in [-0.2, -0.15) is 30.4 Å². The molecule has 0 aliphatic carbocycles. The maximum atomic E-state index is 11.9. The Hall–Kier alpha value is -0.510. The van der Waals surface area contributed by atoms with Crippen molar-refractivity contribution in [2.45, 2.75) is 31.5 Å². The molecule has 94 valence electrons. The zero-order chi connectivity index (χ0) is 13.1. The van der Waals surface area contributed by atoms with Gasteiger partial charge in [0.05, 0.1) is 0 Å². The number of alkyl halides is 6. The predicted octanol–water partition coefficient (Wildman–Crippen LogP) is 2.39. The van der Waals surface area contributed by atoms with Crippen LogP contribution in [0.25, 0.3) is 0 Å². The maximum absolute atomic E-state index is 11.9. The second kappa shape index (κ2) is 5.01. The van der Waals surface area contributed by atoms with Crippen LogP contribution in [-0.2, 0) is 10.1 Å². The SMILES string of the molecule is CC.O=S(=O)(O)C(F)(F)C(F)C(F)(F)F. The van der Waals surface area contributed by atoms with Gasteiger partial charge in [0.15, 0.2) is 0 Å². The van der Waals surface area contributed by atoms with Gasteiger partial charge in [-0.15, -0.1) is 0 Å². The van der Waals surface area contributed by atoms with Crippen molar-refractivity contribution in [1.82, 2.24) is 0 Å². The van der Waals surface area contributed by atoms with Gasteiger partial charge in [0, 0.05) is 0 Å². The van der Waals surface area contributed by atoms with Crippen LogP contribution in [0, 0.1) is 0 Å². The van der Waals surface area contributed by atoms with Crippen molar-refractivity contribution in [2.24, 2.45) is 0 Å². The van der Waals surface area contributed by atoms with Gasteiger partial charge in [0.1, 0.15) is 0 Å². The third-order valence-electron chi connectivity index (χ3n) is 0.926. The van der Waals surface area contributed by atoms with Crippen LogP contribution in [0.5, 0.6) is 0 Å². The largest absolute Gasteiger partial charge is 0.426 e. The standard InChI is InChI=1S/C3H2F6O3S.C2H6/c4-1(2(5,6)7)3(8,9)13(10,11)12;1-2/h1H,(H,10,11,12);1-2H3. The Morgan fingerprint density at radius 1 is 1.07 bits per heavy atom. The molecule has 0 radical (unpaired) electrons. The molecule has 0 aromatic heterocycles. The first-order valence-electron chi connectivity index (χ1n) is 3.46. The highest BCUT2D eigenvalue weighted by molar-refractivity contribution is 7.86. The van der Waals surface area contributed by atoms with E-state index in [1.54, 1.807) is 0 Å². The fourth-order valence-corrected chi connectivity index (χ4v) is 0.716. The Labute approximate surface area is 81.8 Å². The highest BCUT2D eigenvalue weighted by atomic mass is 32.2. The molecule has 0 bridgehead atoms. The van der Waals surface area contributed by atoms with E-state index in [0.717, 1.165) is 0 Å². The molecule has 0 amide bonds. The van der Waals surface area contributed by atoms with E-state index in [2.05, 4.69) is 0 Å². The highest BCUT2D eigenvalue weighted by Crippen LogP contribution is 2.37. The third-order valence-corrected chi connectivity index (χ3v) is 1.82. The molecule has 10 heteroatoms. The smallest absolute Gasteiger partial charge is 0.281 e. The lowest BCUT2D eigenvalue weighted by atomic mass is 10.4. The van der Waals surface area contributed by atoms with Crippen molar-refractivity contribution in [3.8, 4) is 0 Å². The van der Waals surface area contributed by atoms with Gasteiger partial charge < -0.3 is 0 Å². The van der Waals surface area contributed by atoms with Gasteiger partial charge in [0.25, 0.3) is 6.17 Å². The van der Waals surface area contributed by atoms with E-state index in [0.29, 0.717) is 0 Å². The van der Waals surface area contributed by atoms with E-state index in [-0.39, 0.29) is 0 Å². The Morgan fingerprint density at radius 2 is 1.33 bits per heavy atom. The predicted molar refractivity (Wildman–Crippen MR) is 38.8 cm³/mol. The van der Waals surface area contributed by atoms with Crippen LogP contribution < -0.4 is 0 Å². The first-order valence-corrected chi connectivity index (χ1v) is 4.90. The lowest BCUT2D eigenvalue weighted by Crippen LogP contribution is -2.46. The summed E-state index contributed by atoms with van der Waals surface area (Å²) in [5.74, 6) is 0. The van der Waals surface area contributed by atoms with Gasteiger partial charge in [-0.1, -0.05) is 13.8 Å². The normalized spacial score (nSPS) is 15.3. The molecule has 3 nitrogen and oxygen atoms in total. The van der Waals surface area contributed by atoms with Crippen molar-refractivity contribution in [2.75, 3.05) is 0 Å². The summed E-state index contributed by atoms with van der Waals surface area (Å²) in [4.78, 5) is 0. The molecule has 0 fully saturated rings. The summed E-state index contributed by atoms with van der Waals surface area (Å²) in [6, 6.07) is 0. The second-order valence-electron chi connectivity index (χ2n) is 1.94. The van der Waals surface area contributed by atoms with E-state index in [4.69, 9.17) is 4.55 Å². The molecular formula is C5H8F6O3S. The summed E-state index contributed by atoms with van der Waals surface area (Å²) in [6.07, 6.45) is -11.0. The average molecular weight is 262 g/mol. The number of hydrogen-bond acceptors (Lipinski definition) is 2. The van der Waals surface area contributed by atoms with Gasteiger partial charge >= 0.3 is 21.5 Å². The summed E-state index contributed by atoms with van der Waals surface area (Å²) < 4.78 is 96.1. The molecule has 0 aliphatic rings. The Bertz CT molecular complexity index is 282. The molecule has 1 atom stereocenters. The van der Waals surface area contributed by atoms with Crippen molar-refractivity contribution in [1.29, 1.82) is 0 Å². The summed E-state index contributed by atoms with van der Waals surface area (Å²) >= 11 is 0. The van der Waals surface area contributed by atoms with Crippen molar-refractivity contribution in [3.05, 3.63) is 0 Å². The molecule has 0 aromatic carbocycles. The van der Waals surface area contributed by atoms with Crippen LogP contribution in [0.1, 0.15) is 13.8 Å². The number of halogens is 6. The average Bonchev–Trinajstić information content (AvgIpc) is 2.03. The van der Waals surface area contributed by atoms with Crippen molar-refractivity contribution in [3.63, 3.8) is 0 Å². The van der Waals surface area contributed by atoms with E-state index in [1.165, 1.54) is 0 Å². The summed E-state index contributed by atoms with van der Waals surface area (Å²) in [5.41, 5.74) is 0. The number of rotatable bonds is 2. The van der Waals surface area contributed by atoms with Gasteiger partial charge in [-0.25, -0.2) is 4.39 Å². The topological polar surface area (TPSA) is 54.4 Å². The molecule has 0 heterocycles. The lowest BCUT2D eigenvalue weighted by Gasteiger charge is -2.19. The summed E-state index contributed by atoms with van der Waals surface area (Å²) in [6.45, 7) is 4.00. The van der Waals surface area contributed by atoms with Crippen LogP contribution >= 0.6 is 0 Å². The van der Waals surface area contributed by atoms with Gasteiger partial charge in [-0.3, -0.25) is 4.55 Å². The zero-order valence-corrected chi connectivity index (χ0v) is 8.33. The van der Waals surface area contributed by atoms with Crippen LogP contribution in [0.2, 0.25) is 0 Å². The van der Waals surface area contributed by atoms with E-state index in [1.807, 2.05) is 13.8 Å². The van der Waals surface area contributed by atoms with Crippen LogP contribution in [0.4, 0.5) is 26.3 Å². The molecule has 0 aliphatic heterocycles. The second-order valence-corrected chi connectivity index (χ2v) is 3.44. The van der Waals surface area contributed by atoms with Crippen LogP contribution in [-0.4, -0.2) is 30.6 Å². The fraction of sp³-hybridized carbons (Fsp3) is 1.00. The summed E-state index contributed by atoms with van der Waals surface area (Å²) in [7, 11) is -6.41. The van der Waals surface area contributed by atoms with Crippen molar-refractivity contribution >= 4 is 10.1 Å². The Kier molecular flexibility index (Phi) is 5.65. The first-order chi connectivity index (χ1) is 6.40. The zero-order valence-electron chi connectivity index (χ0n) is 7.52. The monoisotopic (exact) mass is 262 g/mol. The highest BCUT2D eigenvalue weighted by Gasteiger charge is 2.64. The molecule has 0 spiro atoms. The van der Waals surface area contributed by atoms with E-state index in [9.17, 15) is 34.8 Å². The lowest BCUT2D eigenvalue weighted by molar-refractivity contribution is -0.223. The molecule has 15 heavy (non-hydrogen) atoms. The summed E-state index contributed by atoms with van der Waals surface area (Å²) in [5, 5.41) is -5.88. The van der Waals surface area contributed by atoms with Gasteiger partial charge in [0.2, 0.25) is 0 Å². The first kappa shape index (κ1) is 16.9. The molecule has 0 aromatic rings. The van der Waals surface area contributed by atoms with Crippen LogP contribution in [0.15, 0.2) is 0 Å². The minimum absolute atomic E-state index is 2.00. The molecule has 0 saturated carbocycles. The van der Waals surface area contributed by atoms with Crippen LogP contribution in [0.3, 0.4) is 0 Å². The minimum Gasteiger partial charge on any atom is -0.281 e. The fourth-order valence-electron chi connectivity index (χ4n) is 0.321. The van der Waals surface area contributed by atoms with Gasteiger partial charge in [-0.05, 0) is 0 Å². The minimum atomic E-state index is -6.41. The quantitative estimate of drug-likeness (QED) is 0.614. The number of hydrogen-bond donors (Lipinski definition) is 1. The third kappa shape index (κ3) is 4.24. The van der Waals surface area contributed by atoms with Crippen molar-refractivity contribution < 1.29 is 39.3 Å². The van der Waals surface area contributed by atoms with E-state index < -0.39 is 27.7 Å². The van der Waals surface area contributed by atoms with E-state index >= 15 is 0 Å². The molecule has 1 unspecified atom stereocenters. The Morgan fingerprint density at radius 3 is 1.40 bits per heavy atom.